The Morgan fingerprint density at radius 3 is 2.46 bits per heavy atom. The Morgan fingerprint density at radius 2 is 2.08 bits per heavy atom. The quantitative estimate of drug-likeness (QED) is 0.732. The highest BCUT2D eigenvalue weighted by atomic mass is 35.5. The zero-order valence-electron chi connectivity index (χ0n) is 6.57. The van der Waals surface area contributed by atoms with Gasteiger partial charge in [-0.3, -0.25) is 4.55 Å². The fourth-order valence-electron chi connectivity index (χ4n) is 0.854. The van der Waals surface area contributed by atoms with Crippen molar-refractivity contribution in [3.05, 3.63) is 28.8 Å². The first-order valence-corrected chi connectivity index (χ1v) is 5.23. The first-order valence-electron chi connectivity index (χ1n) is 3.41. The summed E-state index contributed by atoms with van der Waals surface area (Å²) in [6.07, 6.45) is 0. The smallest absolute Gasteiger partial charge is 0.294 e. The molecule has 0 aromatic heterocycles. The van der Waals surface area contributed by atoms with Gasteiger partial charge in [-0.05, 0) is 17.7 Å². The monoisotopic (exact) mass is 221 g/mol. The van der Waals surface area contributed by atoms with Gasteiger partial charge in [-0.1, -0.05) is 17.7 Å². The molecule has 0 aliphatic carbocycles. The minimum absolute atomic E-state index is 0.227. The first-order chi connectivity index (χ1) is 5.95. The zero-order chi connectivity index (χ0) is 10.1. The van der Waals surface area contributed by atoms with Gasteiger partial charge in [0.25, 0.3) is 10.1 Å². The Morgan fingerprint density at radius 1 is 1.46 bits per heavy atom. The summed E-state index contributed by atoms with van der Waals surface area (Å²) in [6.45, 7) is 0.227. The van der Waals surface area contributed by atoms with Gasteiger partial charge in [0, 0.05) is 11.6 Å². The minimum atomic E-state index is -4.18. The van der Waals surface area contributed by atoms with Gasteiger partial charge in [0.1, 0.15) is 0 Å². The highest BCUT2D eigenvalue weighted by Gasteiger charge is 2.10. The lowest BCUT2D eigenvalue weighted by atomic mass is 10.2. The van der Waals surface area contributed by atoms with Crippen LogP contribution in [0.5, 0.6) is 0 Å². The summed E-state index contributed by atoms with van der Waals surface area (Å²) in [5.74, 6) is 0. The van der Waals surface area contributed by atoms with Crippen molar-refractivity contribution >= 4 is 21.7 Å². The average Bonchev–Trinajstić information content (AvgIpc) is 2.02. The van der Waals surface area contributed by atoms with E-state index in [0.717, 1.165) is 0 Å². The maximum absolute atomic E-state index is 10.7. The largest absolute Gasteiger partial charge is 0.326 e. The van der Waals surface area contributed by atoms with E-state index >= 15 is 0 Å². The molecule has 0 aliphatic rings. The molecule has 0 amide bonds. The molecule has 0 saturated carbocycles. The lowest BCUT2D eigenvalue weighted by Crippen LogP contribution is -2.01. The third kappa shape index (κ3) is 2.41. The van der Waals surface area contributed by atoms with Crippen LogP contribution in [0.2, 0.25) is 5.02 Å². The second-order valence-corrected chi connectivity index (χ2v) is 4.26. The topological polar surface area (TPSA) is 80.4 Å². The standard InChI is InChI=1S/C7H8ClNO3S/c8-7-3-6(13(10,11)12)2-1-5(7)4-9/h1-3H,4,9H2,(H,10,11,12). The Balaban J connectivity index is 3.26. The van der Waals surface area contributed by atoms with E-state index in [1.165, 1.54) is 18.2 Å². The van der Waals surface area contributed by atoms with E-state index in [0.29, 0.717) is 5.56 Å². The zero-order valence-corrected chi connectivity index (χ0v) is 8.14. The van der Waals surface area contributed by atoms with Gasteiger partial charge in [-0.15, -0.1) is 0 Å². The van der Waals surface area contributed by atoms with Gasteiger partial charge in [0.05, 0.1) is 4.90 Å². The number of rotatable bonds is 2. The van der Waals surface area contributed by atoms with Crippen molar-refractivity contribution in [1.82, 2.24) is 0 Å². The van der Waals surface area contributed by atoms with Gasteiger partial charge in [0.2, 0.25) is 0 Å². The number of hydrogen-bond donors (Lipinski definition) is 2. The van der Waals surface area contributed by atoms with E-state index in [9.17, 15) is 8.42 Å². The van der Waals surface area contributed by atoms with Crippen molar-refractivity contribution in [1.29, 1.82) is 0 Å². The summed E-state index contributed by atoms with van der Waals surface area (Å²) in [7, 11) is -4.18. The Bertz CT molecular complexity index is 416. The molecule has 0 radical (unpaired) electrons. The van der Waals surface area contributed by atoms with E-state index in [1.807, 2.05) is 0 Å². The van der Waals surface area contributed by atoms with Crippen molar-refractivity contribution in [2.24, 2.45) is 5.73 Å². The maximum Gasteiger partial charge on any atom is 0.294 e. The summed E-state index contributed by atoms with van der Waals surface area (Å²) >= 11 is 5.68. The second kappa shape index (κ2) is 3.63. The number of hydrogen-bond acceptors (Lipinski definition) is 3. The molecular formula is C7H8ClNO3S. The van der Waals surface area contributed by atoms with Crippen LogP contribution < -0.4 is 5.73 Å². The number of nitrogens with two attached hydrogens (primary N) is 1. The number of benzene rings is 1. The van der Waals surface area contributed by atoms with Crippen molar-refractivity contribution in [3.8, 4) is 0 Å². The number of halogens is 1. The Hall–Kier alpha value is -0.620. The van der Waals surface area contributed by atoms with Crippen molar-refractivity contribution < 1.29 is 13.0 Å². The van der Waals surface area contributed by atoms with Crippen molar-refractivity contribution in [2.75, 3.05) is 0 Å². The molecule has 6 heteroatoms. The van der Waals surface area contributed by atoms with Crippen LogP contribution in [0.1, 0.15) is 5.56 Å². The molecule has 0 spiro atoms. The van der Waals surface area contributed by atoms with Crippen LogP contribution in [-0.2, 0) is 16.7 Å². The lowest BCUT2D eigenvalue weighted by molar-refractivity contribution is 0.483. The second-order valence-electron chi connectivity index (χ2n) is 2.43. The Labute approximate surface area is 81.1 Å². The highest BCUT2D eigenvalue weighted by molar-refractivity contribution is 7.85. The van der Waals surface area contributed by atoms with Crippen LogP contribution in [-0.4, -0.2) is 13.0 Å². The molecule has 0 unspecified atom stereocenters. The van der Waals surface area contributed by atoms with Crippen LogP contribution in [0.25, 0.3) is 0 Å². The third-order valence-electron chi connectivity index (χ3n) is 1.54. The maximum atomic E-state index is 10.7. The SMILES string of the molecule is NCc1ccc(S(=O)(=O)O)cc1Cl. The molecule has 0 aliphatic heterocycles. The van der Waals surface area contributed by atoms with Crippen molar-refractivity contribution in [2.45, 2.75) is 11.4 Å². The van der Waals surface area contributed by atoms with Gasteiger partial charge in [-0.2, -0.15) is 8.42 Å². The van der Waals surface area contributed by atoms with Crippen molar-refractivity contribution in [3.63, 3.8) is 0 Å². The predicted molar refractivity (Wildman–Crippen MR) is 49.2 cm³/mol. The van der Waals surface area contributed by atoms with Crippen LogP contribution in [0, 0.1) is 0 Å². The lowest BCUT2D eigenvalue weighted by Gasteiger charge is -2.02. The van der Waals surface area contributed by atoms with Gasteiger partial charge >= 0.3 is 0 Å². The van der Waals surface area contributed by atoms with Gasteiger partial charge in [-0.25, -0.2) is 0 Å². The molecule has 0 bridgehead atoms. The summed E-state index contributed by atoms with van der Waals surface area (Å²) in [5.41, 5.74) is 5.95. The summed E-state index contributed by atoms with van der Waals surface area (Å²) in [5, 5.41) is 0.234. The molecule has 0 atom stereocenters. The molecule has 0 heterocycles. The molecule has 13 heavy (non-hydrogen) atoms. The van der Waals surface area contributed by atoms with E-state index in [2.05, 4.69) is 0 Å². The van der Waals surface area contributed by atoms with E-state index in [1.54, 1.807) is 0 Å². The van der Waals surface area contributed by atoms with E-state index in [-0.39, 0.29) is 16.5 Å². The van der Waals surface area contributed by atoms with Crippen LogP contribution in [0.4, 0.5) is 0 Å². The molecular weight excluding hydrogens is 214 g/mol. The predicted octanol–water partition coefficient (Wildman–Crippen LogP) is 1.05. The molecule has 0 fully saturated rings. The highest BCUT2D eigenvalue weighted by Crippen LogP contribution is 2.19. The van der Waals surface area contributed by atoms with Crippen LogP contribution in [0.15, 0.2) is 23.1 Å². The van der Waals surface area contributed by atoms with Crippen LogP contribution >= 0.6 is 11.6 Å². The molecule has 4 nitrogen and oxygen atoms in total. The third-order valence-corrected chi connectivity index (χ3v) is 2.74. The molecule has 1 rings (SSSR count). The van der Waals surface area contributed by atoms with E-state index in [4.69, 9.17) is 21.9 Å². The molecule has 72 valence electrons. The van der Waals surface area contributed by atoms with Gasteiger partial charge in [0.15, 0.2) is 0 Å². The Kier molecular flexibility index (Phi) is 2.92. The normalized spacial score (nSPS) is 11.6. The fourth-order valence-corrected chi connectivity index (χ4v) is 1.68. The first kappa shape index (κ1) is 10.5. The summed E-state index contributed by atoms with van der Waals surface area (Å²) in [4.78, 5) is -0.227. The summed E-state index contributed by atoms with van der Waals surface area (Å²) < 4.78 is 30.0. The average molecular weight is 222 g/mol. The van der Waals surface area contributed by atoms with E-state index < -0.39 is 10.1 Å². The summed E-state index contributed by atoms with van der Waals surface area (Å²) in [6, 6.07) is 3.88. The van der Waals surface area contributed by atoms with Gasteiger partial charge < -0.3 is 5.73 Å². The van der Waals surface area contributed by atoms with Crippen LogP contribution in [0.3, 0.4) is 0 Å². The minimum Gasteiger partial charge on any atom is -0.326 e. The molecule has 1 aromatic rings. The molecule has 1 aromatic carbocycles. The molecule has 0 saturated heterocycles. The fraction of sp³-hybridized carbons (Fsp3) is 0.143. The molecule has 3 N–H and O–H groups in total.